The number of imidazole rings is 1. The number of aromatic nitrogens is 7. The molecule has 7 aromatic carbocycles. The van der Waals surface area contributed by atoms with Crippen LogP contribution in [-0.4, -0.2) is 29.1 Å². The van der Waals surface area contributed by atoms with Crippen LogP contribution < -0.4 is 9.47 Å². The molecule has 72 heavy (non-hydrogen) atoms. The van der Waals surface area contributed by atoms with E-state index in [1.165, 1.54) is 0 Å². The van der Waals surface area contributed by atoms with Gasteiger partial charge >= 0.3 is 0 Å². The number of para-hydroxylation sites is 4. The van der Waals surface area contributed by atoms with Crippen molar-refractivity contribution in [3.05, 3.63) is 211 Å². The monoisotopic (exact) mass is 1130 g/mol. The third-order valence-electron chi connectivity index (χ3n) is 12.4. The standard InChI is InChI=1S/C63H56N8.Pt/c1-61(2,3)44-36-37-64-56(38-44)71-52-31-17-16-28-50(52)51-35-34-47(40-55(51)71)70(60-66-58(62(4,5)6)65-59(67-60)63(7,8)9)46-27-20-26-45(39-46)68-41-69(54-33-19-18-32-53(54)68)57-48(42-22-12-10-13-23-42)29-21-30-49(57)43-24-14-11-15-25-43;/h10-38H,1-9H3;/q-2;/i10D,11D,12D,13D,14D,15D,22D,23D,24D,25D;. The SMILES string of the molecule is [2H]c1c([2H])c([2H])c(-c2cccc(-c3c([2H])c([2H])c([2H])c([2H])c3[2H])c2-[n+]2[c-]n(-c3[c-]c(N(c4[c-]c5c(cc4)c4ccccc4n5-c4cc(C(C)(C)C)ccn4)c4nc(C(C)(C)C)nc(C(C)(C)C)n4)ccc3)c3ccccc32)c([2H])c1[2H].[Pt]. The van der Waals surface area contributed by atoms with Crippen LogP contribution in [0.3, 0.4) is 0 Å². The van der Waals surface area contributed by atoms with Crippen LogP contribution in [0.15, 0.2) is 176 Å². The van der Waals surface area contributed by atoms with Gasteiger partial charge in [0, 0.05) is 43.6 Å². The first kappa shape index (κ1) is 37.3. The van der Waals surface area contributed by atoms with E-state index < -0.39 is 71.3 Å². The van der Waals surface area contributed by atoms with Crippen LogP contribution in [0, 0.1) is 18.5 Å². The second-order valence-corrected chi connectivity index (χ2v) is 20.6. The van der Waals surface area contributed by atoms with E-state index in [4.69, 9.17) is 33.6 Å². The summed E-state index contributed by atoms with van der Waals surface area (Å²) in [6.07, 6.45) is 5.35. The summed E-state index contributed by atoms with van der Waals surface area (Å²) in [4.78, 5) is 22.4. The van der Waals surface area contributed by atoms with Gasteiger partial charge in [0.15, 0.2) is 0 Å². The van der Waals surface area contributed by atoms with Crippen molar-refractivity contribution in [3.8, 4) is 39.4 Å². The van der Waals surface area contributed by atoms with Crippen molar-refractivity contribution in [2.75, 3.05) is 4.90 Å². The number of fused-ring (bicyclic) bond motifs is 4. The normalized spacial score (nSPS) is 14.1. The molecule has 4 aromatic heterocycles. The Kier molecular flexibility index (Phi) is 9.61. The van der Waals surface area contributed by atoms with E-state index in [0.29, 0.717) is 45.7 Å². The van der Waals surface area contributed by atoms with Crippen LogP contribution in [-0.2, 0) is 37.3 Å². The Labute approximate surface area is 451 Å². The van der Waals surface area contributed by atoms with E-state index in [1.807, 2.05) is 77.8 Å². The molecule has 0 saturated heterocycles. The number of benzene rings is 7. The van der Waals surface area contributed by atoms with Crippen LogP contribution in [0.4, 0.5) is 17.3 Å². The fraction of sp³-hybridized carbons (Fsp3) is 0.190. The summed E-state index contributed by atoms with van der Waals surface area (Å²) in [7, 11) is 0. The molecule has 0 radical (unpaired) electrons. The maximum atomic E-state index is 9.16. The van der Waals surface area contributed by atoms with E-state index in [-0.39, 0.29) is 54.4 Å². The minimum absolute atomic E-state index is 0. The van der Waals surface area contributed by atoms with E-state index >= 15 is 0 Å². The molecule has 0 spiro atoms. The molecule has 11 aromatic rings. The Morgan fingerprint density at radius 2 is 1.17 bits per heavy atom. The van der Waals surface area contributed by atoms with Gasteiger partial charge < -0.3 is 14.0 Å². The summed E-state index contributed by atoms with van der Waals surface area (Å²) < 4.78 is 93.9. The summed E-state index contributed by atoms with van der Waals surface area (Å²) in [6.45, 7) is 18.9. The predicted molar refractivity (Wildman–Crippen MR) is 288 cm³/mol. The minimum Gasteiger partial charge on any atom is -0.328 e. The molecule has 0 atom stereocenters. The number of anilines is 3. The van der Waals surface area contributed by atoms with E-state index in [9.17, 15) is 0 Å². The van der Waals surface area contributed by atoms with Gasteiger partial charge in [-0.05, 0) is 62.5 Å². The third kappa shape index (κ3) is 8.83. The Balaban J connectivity index is 0.00000753. The molecule has 0 aliphatic heterocycles. The Morgan fingerprint density at radius 3 is 1.81 bits per heavy atom. The van der Waals surface area contributed by atoms with Gasteiger partial charge in [-0.15, -0.1) is 23.6 Å². The number of hydrogen-bond acceptors (Lipinski definition) is 5. The molecule has 0 fully saturated rings. The van der Waals surface area contributed by atoms with Gasteiger partial charge in [0.2, 0.25) is 5.95 Å². The molecule has 0 amide bonds. The zero-order valence-corrected chi connectivity index (χ0v) is 43.6. The molecule has 0 saturated carbocycles. The topological polar surface area (TPSA) is 68.5 Å². The van der Waals surface area contributed by atoms with Gasteiger partial charge in [-0.1, -0.05) is 200 Å². The molecule has 0 aliphatic carbocycles. The molecule has 360 valence electrons. The van der Waals surface area contributed by atoms with Crippen molar-refractivity contribution in [2.24, 2.45) is 0 Å². The number of rotatable bonds is 8. The molecule has 4 heterocycles. The van der Waals surface area contributed by atoms with Crippen LogP contribution in [0.1, 0.15) is 93.2 Å². The smallest absolute Gasteiger partial charge is 0.268 e. The second kappa shape index (κ2) is 18.6. The zero-order valence-electron chi connectivity index (χ0n) is 51.4. The van der Waals surface area contributed by atoms with Gasteiger partial charge in [-0.3, -0.25) is 4.57 Å². The maximum Gasteiger partial charge on any atom is 0.268 e. The first-order valence-electron chi connectivity index (χ1n) is 28.5. The van der Waals surface area contributed by atoms with E-state index in [0.717, 1.165) is 33.2 Å². The molecular weight excluding hydrogens is 1060 g/mol. The fourth-order valence-electron chi connectivity index (χ4n) is 8.81. The van der Waals surface area contributed by atoms with Gasteiger partial charge in [0.1, 0.15) is 17.5 Å². The molecule has 8 nitrogen and oxygen atoms in total. The first-order valence-corrected chi connectivity index (χ1v) is 23.5. The largest absolute Gasteiger partial charge is 0.328 e. The van der Waals surface area contributed by atoms with Crippen molar-refractivity contribution < 1.29 is 39.3 Å². The summed E-state index contributed by atoms with van der Waals surface area (Å²) in [6, 6.07) is 36.4. The van der Waals surface area contributed by atoms with Gasteiger partial charge in [-0.25, -0.2) is 9.97 Å². The number of pyridine rings is 1. The summed E-state index contributed by atoms with van der Waals surface area (Å²) in [5.41, 5.74) is 4.50. The van der Waals surface area contributed by atoms with Crippen LogP contribution in [0.2, 0.25) is 0 Å². The molecule has 0 unspecified atom stereocenters. The average molecular weight is 1130 g/mol. The summed E-state index contributed by atoms with van der Waals surface area (Å²) in [5, 5.41) is 1.98. The maximum absolute atomic E-state index is 9.16. The molecule has 9 heteroatoms. The van der Waals surface area contributed by atoms with Crippen molar-refractivity contribution in [3.63, 3.8) is 0 Å². The zero-order chi connectivity index (χ0) is 57.9. The van der Waals surface area contributed by atoms with E-state index in [1.54, 1.807) is 27.3 Å². The average Bonchev–Trinajstić information content (AvgIpc) is 4.10. The molecule has 0 N–H and O–H groups in total. The van der Waals surface area contributed by atoms with E-state index in [2.05, 4.69) is 110 Å². The molecule has 11 rings (SSSR count). The summed E-state index contributed by atoms with van der Waals surface area (Å²) >= 11 is 0. The quantitative estimate of drug-likeness (QED) is 0.112. The minimum atomic E-state index is -0.582. The van der Waals surface area contributed by atoms with Crippen molar-refractivity contribution in [1.82, 2.24) is 29.1 Å². The van der Waals surface area contributed by atoms with Gasteiger partial charge in [0.25, 0.3) is 6.33 Å². The fourth-order valence-corrected chi connectivity index (χ4v) is 8.81. The second-order valence-electron chi connectivity index (χ2n) is 20.6. The van der Waals surface area contributed by atoms with Crippen molar-refractivity contribution >= 4 is 50.2 Å². The Morgan fingerprint density at radius 1 is 0.569 bits per heavy atom. The van der Waals surface area contributed by atoms with Crippen molar-refractivity contribution in [1.29, 1.82) is 0 Å². The van der Waals surface area contributed by atoms with Crippen LogP contribution >= 0.6 is 0 Å². The molecule has 0 bridgehead atoms. The molecule has 0 aliphatic rings. The van der Waals surface area contributed by atoms with Gasteiger partial charge in [0.05, 0.1) is 30.4 Å². The number of nitrogens with zero attached hydrogens (tertiary/aromatic N) is 8. The number of hydrogen-bond donors (Lipinski definition) is 0. The molecular formula is C63H56N8Pt-2. The van der Waals surface area contributed by atoms with Crippen LogP contribution in [0.5, 0.6) is 0 Å². The van der Waals surface area contributed by atoms with Gasteiger partial charge in [-0.2, -0.15) is 34.2 Å². The van der Waals surface area contributed by atoms with Crippen LogP contribution in [0.25, 0.3) is 72.3 Å². The summed E-state index contributed by atoms with van der Waals surface area (Å²) in [5.74, 6) is 2.22. The Hall–Kier alpha value is -7.54. The Bertz CT molecular complexity index is 4220. The first-order chi connectivity index (χ1) is 38.3. The predicted octanol–water partition coefficient (Wildman–Crippen LogP) is 14.7. The van der Waals surface area contributed by atoms with Crippen molar-refractivity contribution in [2.45, 2.75) is 78.6 Å². The third-order valence-corrected chi connectivity index (χ3v) is 12.4.